The summed E-state index contributed by atoms with van der Waals surface area (Å²) in [6, 6.07) is 7.23. The average Bonchev–Trinajstić information content (AvgIpc) is 2.55. The van der Waals surface area contributed by atoms with Gasteiger partial charge in [-0.05, 0) is 12.1 Å². The predicted octanol–water partition coefficient (Wildman–Crippen LogP) is 1.17. The van der Waals surface area contributed by atoms with Gasteiger partial charge in [0.2, 0.25) is 0 Å². The van der Waals surface area contributed by atoms with Crippen LogP contribution < -0.4 is 4.73 Å². The molecule has 15 heavy (non-hydrogen) atoms. The zero-order chi connectivity index (χ0) is 10.4. The van der Waals surface area contributed by atoms with Gasteiger partial charge in [-0.3, -0.25) is 4.98 Å². The van der Waals surface area contributed by atoms with Gasteiger partial charge in [-0.1, -0.05) is 12.1 Å². The fourth-order valence-corrected chi connectivity index (χ4v) is 1.72. The first-order valence-electron chi connectivity index (χ1n) is 4.43. The molecule has 0 fully saturated rings. The second kappa shape index (κ2) is 2.60. The molecule has 0 aliphatic rings. The van der Waals surface area contributed by atoms with Crippen LogP contribution in [0.2, 0.25) is 0 Å². The SMILES string of the molecule is [O-]n1c[n+]([O-])c2c3ccccc3ncc21. The monoisotopic (exact) mass is 200 g/mol. The molecule has 0 radical (unpaired) electrons. The average molecular weight is 200 g/mol. The summed E-state index contributed by atoms with van der Waals surface area (Å²) in [5, 5.41) is 23.5. The molecule has 0 aliphatic carbocycles. The Morgan fingerprint density at radius 3 is 2.93 bits per heavy atom. The Morgan fingerprint density at radius 2 is 2.07 bits per heavy atom. The molecular weight excluding hydrogens is 194 g/mol. The highest BCUT2D eigenvalue weighted by Gasteiger charge is 2.11. The summed E-state index contributed by atoms with van der Waals surface area (Å²) in [6.07, 6.45) is 2.37. The summed E-state index contributed by atoms with van der Waals surface area (Å²) >= 11 is 0. The molecule has 0 amide bonds. The highest BCUT2D eigenvalue weighted by Crippen LogP contribution is 2.19. The van der Waals surface area contributed by atoms with Crippen LogP contribution in [0.3, 0.4) is 0 Å². The molecule has 0 aliphatic heterocycles. The van der Waals surface area contributed by atoms with Crippen molar-refractivity contribution < 1.29 is 4.73 Å². The summed E-state index contributed by atoms with van der Waals surface area (Å²) in [5.74, 6) is 0. The standard InChI is InChI=1S/C10H6N3O2/c14-12-6-13(15)10-7-3-1-2-4-8(7)11-5-9(10)12/h1-6H/q-1. The summed E-state index contributed by atoms with van der Waals surface area (Å²) in [7, 11) is 0. The molecule has 5 nitrogen and oxygen atoms in total. The van der Waals surface area contributed by atoms with E-state index >= 15 is 0 Å². The minimum Gasteiger partial charge on any atom is -0.710 e. The Bertz CT molecular complexity index is 660. The lowest BCUT2D eigenvalue weighted by Crippen LogP contribution is -2.23. The van der Waals surface area contributed by atoms with Crippen molar-refractivity contribution in [2.45, 2.75) is 0 Å². The quantitative estimate of drug-likeness (QED) is 0.404. The van der Waals surface area contributed by atoms with Crippen molar-refractivity contribution in [2.24, 2.45) is 0 Å². The lowest BCUT2D eigenvalue weighted by Gasteiger charge is -2.00. The van der Waals surface area contributed by atoms with E-state index in [0.29, 0.717) is 31.4 Å². The van der Waals surface area contributed by atoms with Crippen molar-refractivity contribution in [3.63, 3.8) is 0 Å². The van der Waals surface area contributed by atoms with Gasteiger partial charge in [0.05, 0.1) is 17.1 Å². The highest BCUT2D eigenvalue weighted by atomic mass is 16.5. The lowest BCUT2D eigenvalue weighted by atomic mass is 10.2. The van der Waals surface area contributed by atoms with Crippen LogP contribution >= 0.6 is 0 Å². The third-order valence-electron chi connectivity index (χ3n) is 2.40. The molecule has 0 saturated carbocycles. The number of fused-ring (bicyclic) bond motifs is 3. The van der Waals surface area contributed by atoms with E-state index in [-0.39, 0.29) is 0 Å². The largest absolute Gasteiger partial charge is 0.710 e. The Labute approximate surface area is 84.4 Å². The summed E-state index contributed by atoms with van der Waals surface area (Å²) < 4.78 is 1.11. The van der Waals surface area contributed by atoms with Crippen LogP contribution in [0.4, 0.5) is 0 Å². The van der Waals surface area contributed by atoms with Crippen LogP contribution in [0.25, 0.3) is 21.9 Å². The Kier molecular flexibility index (Phi) is 1.39. The summed E-state index contributed by atoms with van der Waals surface area (Å²) in [4.78, 5) is 4.11. The van der Waals surface area contributed by atoms with Gasteiger partial charge in [-0.2, -0.15) is 0 Å². The summed E-state index contributed by atoms with van der Waals surface area (Å²) in [6.45, 7) is 0. The minimum atomic E-state index is 0.295. The van der Waals surface area contributed by atoms with Crippen LogP contribution in [0.15, 0.2) is 36.8 Å². The van der Waals surface area contributed by atoms with Crippen LogP contribution in [-0.4, -0.2) is 9.71 Å². The van der Waals surface area contributed by atoms with Crippen molar-refractivity contribution in [1.29, 1.82) is 0 Å². The topological polar surface area (TPSA) is 67.8 Å². The molecule has 3 aromatic rings. The van der Waals surface area contributed by atoms with Gasteiger partial charge < -0.3 is 10.4 Å². The fraction of sp³-hybridized carbons (Fsp3) is 0. The zero-order valence-corrected chi connectivity index (χ0v) is 7.62. The van der Waals surface area contributed by atoms with Gasteiger partial charge in [0.1, 0.15) is 0 Å². The smallest absolute Gasteiger partial charge is 0.250 e. The van der Waals surface area contributed by atoms with E-state index in [2.05, 4.69) is 4.98 Å². The maximum atomic E-state index is 11.5. The second-order valence-corrected chi connectivity index (χ2v) is 3.28. The van der Waals surface area contributed by atoms with Crippen LogP contribution in [0, 0.1) is 10.4 Å². The van der Waals surface area contributed by atoms with E-state index in [4.69, 9.17) is 0 Å². The van der Waals surface area contributed by atoms with E-state index in [1.54, 1.807) is 12.1 Å². The van der Waals surface area contributed by atoms with Crippen molar-refractivity contribution in [3.8, 4) is 0 Å². The van der Waals surface area contributed by atoms with E-state index in [0.717, 1.165) is 6.33 Å². The Morgan fingerprint density at radius 1 is 1.27 bits per heavy atom. The van der Waals surface area contributed by atoms with Crippen molar-refractivity contribution >= 4 is 21.9 Å². The van der Waals surface area contributed by atoms with Crippen molar-refractivity contribution in [1.82, 2.24) is 9.71 Å². The molecule has 0 unspecified atom stereocenters. The Hall–Kier alpha value is -2.30. The van der Waals surface area contributed by atoms with Crippen molar-refractivity contribution in [3.05, 3.63) is 47.2 Å². The maximum absolute atomic E-state index is 11.5. The molecule has 74 valence electrons. The number of aromatic nitrogens is 3. The maximum Gasteiger partial charge on any atom is 0.250 e. The molecular formula is C10H6N3O2-. The normalized spacial score (nSPS) is 11.2. The summed E-state index contributed by atoms with van der Waals surface area (Å²) in [5.41, 5.74) is 1.38. The fourth-order valence-electron chi connectivity index (χ4n) is 1.72. The number of imidazole rings is 1. The van der Waals surface area contributed by atoms with Gasteiger partial charge in [0, 0.05) is 0 Å². The number of hydrogen-bond acceptors (Lipinski definition) is 3. The first kappa shape index (κ1) is 8.05. The lowest BCUT2D eigenvalue weighted by molar-refractivity contribution is -0.576. The zero-order valence-electron chi connectivity index (χ0n) is 7.62. The predicted molar refractivity (Wildman–Crippen MR) is 55.0 cm³/mol. The third kappa shape index (κ3) is 0.969. The molecule has 1 aromatic carbocycles. The number of rotatable bonds is 0. The molecule has 0 spiro atoms. The number of hydrogen-bond donors (Lipinski definition) is 0. The van der Waals surface area contributed by atoms with Crippen LogP contribution in [-0.2, 0) is 0 Å². The molecule has 0 N–H and O–H groups in total. The van der Waals surface area contributed by atoms with Crippen LogP contribution in [0.1, 0.15) is 0 Å². The molecule has 0 atom stereocenters. The van der Waals surface area contributed by atoms with Gasteiger partial charge in [0.25, 0.3) is 6.33 Å². The van der Waals surface area contributed by atoms with Gasteiger partial charge in [-0.15, -0.1) is 0 Å². The van der Waals surface area contributed by atoms with E-state index in [1.807, 2.05) is 12.1 Å². The first-order chi connectivity index (χ1) is 7.27. The number of pyridine rings is 1. The van der Waals surface area contributed by atoms with Crippen LogP contribution in [0.5, 0.6) is 0 Å². The molecule has 5 heteroatoms. The Balaban J connectivity index is 2.64. The van der Waals surface area contributed by atoms with Gasteiger partial charge in [-0.25, -0.2) is 9.46 Å². The van der Waals surface area contributed by atoms with E-state index in [1.165, 1.54) is 6.20 Å². The van der Waals surface area contributed by atoms with E-state index in [9.17, 15) is 10.4 Å². The minimum absolute atomic E-state index is 0.295. The number of benzene rings is 1. The highest BCUT2D eigenvalue weighted by molar-refractivity contribution is 5.99. The van der Waals surface area contributed by atoms with Gasteiger partial charge >= 0.3 is 0 Å². The number of nitrogens with zero attached hydrogens (tertiary/aromatic N) is 3. The third-order valence-corrected chi connectivity index (χ3v) is 2.40. The molecule has 0 bridgehead atoms. The molecule has 2 heterocycles. The second-order valence-electron chi connectivity index (χ2n) is 3.28. The molecule has 3 rings (SSSR count). The van der Waals surface area contributed by atoms with Gasteiger partial charge in [0.15, 0.2) is 11.0 Å². The molecule has 2 aromatic heterocycles. The molecule has 0 saturated heterocycles. The van der Waals surface area contributed by atoms with Crippen molar-refractivity contribution in [2.75, 3.05) is 0 Å². The van der Waals surface area contributed by atoms with E-state index < -0.39 is 0 Å². The number of para-hydroxylation sites is 1. The first-order valence-corrected chi connectivity index (χ1v) is 4.43.